The standard InChI is InChI=1S/C17H22N2O3S/c1-5-22-16-9-8-14(11-15(16)17(2,3)4)23(20,21)19-13-7-6-10-18-12-13/h6-12,19H,5H2,1-4H3. The van der Waals surface area contributed by atoms with Crippen molar-refractivity contribution in [2.24, 2.45) is 0 Å². The predicted molar refractivity (Wildman–Crippen MR) is 91.4 cm³/mol. The van der Waals surface area contributed by atoms with Crippen LogP contribution in [-0.4, -0.2) is 20.0 Å². The molecule has 6 heteroatoms. The molecule has 0 amide bonds. The van der Waals surface area contributed by atoms with Gasteiger partial charge in [-0.3, -0.25) is 9.71 Å². The number of sulfonamides is 1. The van der Waals surface area contributed by atoms with Gasteiger partial charge in [0.2, 0.25) is 0 Å². The van der Waals surface area contributed by atoms with Gasteiger partial charge in [-0.1, -0.05) is 20.8 Å². The summed E-state index contributed by atoms with van der Waals surface area (Å²) in [6, 6.07) is 8.27. The van der Waals surface area contributed by atoms with Crippen molar-refractivity contribution in [3.63, 3.8) is 0 Å². The highest BCUT2D eigenvalue weighted by Crippen LogP contribution is 2.33. The van der Waals surface area contributed by atoms with E-state index in [4.69, 9.17) is 4.74 Å². The predicted octanol–water partition coefficient (Wildman–Crippen LogP) is 3.58. The largest absolute Gasteiger partial charge is 0.494 e. The maximum atomic E-state index is 12.6. The Hall–Kier alpha value is -2.08. The van der Waals surface area contributed by atoms with Crippen LogP contribution in [0.15, 0.2) is 47.6 Å². The van der Waals surface area contributed by atoms with Gasteiger partial charge in [-0.25, -0.2) is 8.42 Å². The average Bonchev–Trinajstić information content (AvgIpc) is 2.47. The van der Waals surface area contributed by atoms with Crippen LogP contribution in [-0.2, 0) is 15.4 Å². The summed E-state index contributed by atoms with van der Waals surface area (Å²) in [5.74, 6) is 0.709. The Morgan fingerprint density at radius 2 is 1.96 bits per heavy atom. The van der Waals surface area contributed by atoms with E-state index in [1.807, 2.05) is 27.7 Å². The third kappa shape index (κ3) is 4.22. The van der Waals surface area contributed by atoms with Crippen LogP contribution in [0.4, 0.5) is 5.69 Å². The van der Waals surface area contributed by atoms with Gasteiger partial charge < -0.3 is 4.74 Å². The van der Waals surface area contributed by atoms with E-state index in [9.17, 15) is 8.42 Å². The molecular weight excluding hydrogens is 312 g/mol. The minimum Gasteiger partial charge on any atom is -0.494 e. The fourth-order valence-electron chi connectivity index (χ4n) is 2.18. The molecule has 1 N–H and O–H groups in total. The van der Waals surface area contributed by atoms with Gasteiger partial charge in [-0.05, 0) is 42.7 Å². The van der Waals surface area contributed by atoms with Crippen LogP contribution in [0.5, 0.6) is 5.75 Å². The molecule has 0 unspecified atom stereocenters. The number of benzene rings is 1. The van der Waals surface area contributed by atoms with Gasteiger partial charge in [0.05, 0.1) is 23.4 Å². The van der Waals surface area contributed by atoms with Crippen molar-refractivity contribution in [1.82, 2.24) is 4.98 Å². The molecule has 0 spiro atoms. The van der Waals surface area contributed by atoms with Crippen LogP contribution in [0.3, 0.4) is 0 Å². The van der Waals surface area contributed by atoms with E-state index in [-0.39, 0.29) is 10.3 Å². The lowest BCUT2D eigenvalue weighted by molar-refractivity contribution is 0.329. The smallest absolute Gasteiger partial charge is 0.261 e. The Morgan fingerprint density at radius 3 is 2.52 bits per heavy atom. The molecule has 0 saturated heterocycles. The van der Waals surface area contributed by atoms with Crippen LogP contribution < -0.4 is 9.46 Å². The van der Waals surface area contributed by atoms with Crippen molar-refractivity contribution >= 4 is 15.7 Å². The molecule has 0 saturated carbocycles. The molecule has 0 fully saturated rings. The molecule has 1 aromatic carbocycles. The fraction of sp³-hybridized carbons (Fsp3) is 0.353. The summed E-state index contributed by atoms with van der Waals surface area (Å²) >= 11 is 0. The summed E-state index contributed by atoms with van der Waals surface area (Å²) < 4.78 is 33.3. The van der Waals surface area contributed by atoms with Crippen LogP contribution in [0.2, 0.25) is 0 Å². The van der Waals surface area contributed by atoms with Crippen LogP contribution in [0.1, 0.15) is 33.3 Å². The first kappa shape index (κ1) is 17.3. The molecule has 2 aromatic rings. The summed E-state index contributed by atoms with van der Waals surface area (Å²) in [6.07, 6.45) is 3.06. The first-order valence-corrected chi connectivity index (χ1v) is 8.92. The highest BCUT2D eigenvalue weighted by Gasteiger charge is 2.23. The number of aromatic nitrogens is 1. The Bertz CT molecular complexity index is 766. The van der Waals surface area contributed by atoms with Crippen molar-refractivity contribution < 1.29 is 13.2 Å². The van der Waals surface area contributed by atoms with Crippen molar-refractivity contribution in [2.75, 3.05) is 11.3 Å². The molecule has 0 radical (unpaired) electrons. The number of hydrogen-bond donors (Lipinski definition) is 1. The van der Waals surface area contributed by atoms with Gasteiger partial charge >= 0.3 is 0 Å². The van der Waals surface area contributed by atoms with E-state index in [0.717, 1.165) is 5.56 Å². The summed E-state index contributed by atoms with van der Waals surface area (Å²) in [6.45, 7) is 8.51. The number of anilines is 1. The summed E-state index contributed by atoms with van der Waals surface area (Å²) in [5, 5.41) is 0. The summed E-state index contributed by atoms with van der Waals surface area (Å²) in [4.78, 5) is 4.11. The molecule has 124 valence electrons. The molecule has 1 heterocycles. The maximum absolute atomic E-state index is 12.6. The van der Waals surface area contributed by atoms with Crippen molar-refractivity contribution in [1.29, 1.82) is 0 Å². The van der Waals surface area contributed by atoms with E-state index >= 15 is 0 Å². The van der Waals surface area contributed by atoms with Crippen molar-refractivity contribution in [2.45, 2.75) is 38.0 Å². The molecule has 0 atom stereocenters. The average molecular weight is 334 g/mol. The van der Waals surface area contributed by atoms with Crippen molar-refractivity contribution in [3.8, 4) is 5.75 Å². The second-order valence-corrected chi connectivity index (χ2v) is 7.87. The number of nitrogens with zero attached hydrogens (tertiary/aromatic N) is 1. The van der Waals surface area contributed by atoms with Gasteiger partial charge in [0, 0.05) is 11.8 Å². The van der Waals surface area contributed by atoms with Gasteiger partial charge in [0.15, 0.2) is 0 Å². The quantitative estimate of drug-likeness (QED) is 0.907. The first-order valence-electron chi connectivity index (χ1n) is 7.44. The Balaban J connectivity index is 2.43. The second-order valence-electron chi connectivity index (χ2n) is 6.19. The second kappa shape index (κ2) is 6.58. The number of pyridine rings is 1. The van der Waals surface area contributed by atoms with Gasteiger partial charge in [0.1, 0.15) is 5.75 Å². The Labute approximate surface area is 137 Å². The normalized spacial score (nSPS) is 12.0. The molecule has 0 aliphatic carbocycles. The van der Waals surface area contributed by atoms with Gasteiger partial charge in [-0.15, -0.1) is 0 Å². The van der Waals surface area contributed by atoms with Crippen molar-refractivity contribution in [3.05, 3.63) is 48.3 Å². The number of rotatable bonds is 5. The minimum absolute atomic E-state index is 0.203. The molecule has 2 rings (SSSR count). The van der Waals surface area contributed by atoms with Crippen LogP contribution in [0.25, 0.3) is 0 Å². The molecule has 0 bridgehead atoms. The lowest BCUT2D eigenvalue weighted by Crippen LogP contribution is -2.17. The van der Waals surface area contributed by atoms with E-state index in [2.05, 4.69) is 9.71 Å². The van der Waals surface area contributed by atoms with Crippen LogP contribution in [0, 0.1) is 0 Å². The lowest BCUT2D eigenvalue weighted by Gasteiger charge is -2.23. The Morgan fingerprint density at radius 1 is 1.22 bits per heavy atom. The zero-order chi connectivity index (χ0) is 17.1. The topological polar surface area (TPSA) is 68.3 Å². The van der Waals surface area contributed by atoms with E-state index in [1.165, 1.54) is 6.20 Å². The highest BCUT2D eigenvalue weighted by atomic mass is 32.2. The first-order chi connectivity index (χ1) is 10.7. The molecule has 5 nitrogen and oxygen atoms in total. The fourth-order valence-corrected chi connectivity index (χ4v) is 3.25. The Kier molecular flexibility index (Phi) is 4.94. The van der Waals surface area contributed by atoms with E-state index in [0.29, 0.717) is 18.0 Å². The number of hydrogen-bond acceptors (Lipinski definition) is 4. The SMILES string of the molecule is CCOc1ccc(S(=O)(=O)Nc2cccnc2)cc1C(C)(C)C. The van der Waals surface area contributed by atoms with E-state index < -0.39 is 10.0 Å². The maximum Gasteiger partial charge on any atom is 0.261 e. The monoisotopic (exact) mass is 334 g/mol. The minimum atomic E-state index is -3.67. The lowest BCUT2D eigenvalue weighted by atomic mass is 9.86. The molecule has 0 aliphatic heterocycles. The molecule has 1 aromatic heterocycles. The van der Waals surface area contributed by atoms with E-state index in [1.54, 1.807) is 36.5 Å². The van der Waals surface area contributed by atoms with Gasteiger partial charge in [0.25, 0.3) is 10.0 Å². The van der Waals surface area contributed by atoms with Crippen LogP contribution >= 0.6 is 0 Å². The third-order valence-corrected chi connectivity index (χ3v) is 4.66. The molecule has 23 heavy (non-hydrogen) atoms. The summed E-state index contributed by atoms with van der Waals surface area (Å²) in [7, 11) is -3.67. The third-order valence-electron chi connectivity index (χ3n) is 3.28. The van der Waals surface area contributed by atoms with Gasteiger partial charge in [-0.2, -0.15) is 0 Å². The highest BCUT2D eigenvalue weighted by molar-refractivity contribution is 7.92. The number of nitrogens with one attached hydrogen (secondary N) is 1. The molecule has 0 aliphatic rings. The zero-order valence-corrected chi connectivity index (χ0v) is 14.6. The zero-order valence-electron chi connectivity index (χ0n) is 13.8. The molecular formula is C17H22N2O3S. The number of ether oxygens (including phenoxy) is 1. The summed E-state index contributed by atoms with van der Waals surface area (Å²) in [5.41, 5.74) is 1.05.